The summed E-state index contributed by atoms with van der Waals surface area (Å²) in [7, 11) is 0. The molecule has 0 fully saturated rings. The molecule has 1 atom stereocenters. The van der Waals surface area contributed by atoms with Crippen LogP contribution < -0.4 is 0 Å². The van der Waals surface area contributed by atoms with Gasteiger partial charge in [-0.15, -0.1) is 0 Å². The maximum Gasteiger partial charge on any atom is 0.331 e. The van der Waals surface area contributed by atoms with Crippen LogP contribution in [0.2, 0.25) is 0 Å². The van der Waals surface area contributed by atoms with Crippen LogP contribution in [-0.2, 0) is 16.0 Å². The third-order valence-electron chi connectivity index (χ3n) is 3.30. The number of hydrogen-bond acceptors (Lipinski definition) is 2. The molecular weight excluding hydrogens is 224 g/mol. The van der Waals surface area contributed by atoms with Crippen molar-refractivity contribution in [1.29, 1.82) is 0 Å². The molecule has 0 heterocycles. The molecule has 0 N–H and O–H groups in total. The van der Waals surface area contributed by atoms with Crippen molar-refractivity contribution in [2.24, 2.45) is 0 Å². The van der Waals surface area contributed by atoms with Gasteiger partial charge in [-0.3, -0.25) is 0 Å². The maximum absolute atomic E-state index is 11.3. The number of carbonyl (C=O) groups excluding carboxylic acids is 1. The zero-order chi connectivity index (χ0) is 13.0. The van der Waals surface area contributed by atoms with E-state index in [1.54, 1.807) is 12.2 Å². The first-order chi connectivity index (χ1) is 8.70. The van der Waals surface area contributed by atoms with Crippen molar-refractivity contribution in [1.82, 2.24) is 0 Å². The molecule has 1 aromatic carbocycles. The molecule has 0 aromatic heterocycles. The van der Waals surface area contributed by atoms with E-state index in [2.05, 4.69) is 25.6 Å². The molecule has 2 heteroatoms. The molecule has 0 radical (unpaired) electrons. The second-order valence-electron chi connectivity index (χ2n) is 4.65. The summed E-state index contributed by atoms with van der Waals surface area (Å²) in [6.45, 7) is 6.00. The first-order valence-corrected chi connectivity index (χ1v) is 6.29. The van der Waals surface area contributed by atoms with Gasteiger partial charge in [-0.25, -0.2) is 4.79 Å². The molecule has 2 rings (SSSR count). The van der Waals surface area contributed by atoms with Gasteiger partial charge in [0.25, 0.3) is 0 Å². The van der Waals surface area contributed by atoms with E-state index in [0.29, 0.717) is 5.92 Å². The lowest BCUT2D eigenvalue weighted by atomic mass is 10.0. The molecule has 0 saturated carbocycles. The van der Waals surface area contributed by atoms with Gasteiger partial charge in [0.15, 0.2) is 0 Å². The van der Waals surface area contributed by atoms with Crippen molar-refractivity contribution >= 4 is 12.0 Å². The summed E-state index contributed by atoms with van der Waals surface area (Å²) < 4.78 is 4.88. The number of benzene rings is 1. The standard InChI is InChI=1S/C16H18O2/c1-3-10-18-16(17)9-6-13-5-8-14-7-4-12(2)15(14)11-13/h3,5-6,8-9,11-12H,1,4,7,10H2,2H3/b9-6+. The van der Waals surface area contributed by atoms with E-state index in [4.69, 9.17) is 4.74 Å². The highest BCUT2D eigenvalue weighted by atomic mass is 16.5. The Balaban J connectivity index is 2.06. The van der Waals surface area contributed by atoms with Gasteiger partial charge in [0.05, 0.1) is 0 Å². The topological polar surface area (TPSA) is 26.3 Å². The highest BCUT2D eigenvalue weighted by Gasteiger charge is 2.17. The van der Waals surface area contributed by atoms with Gasteiger partial charge < -0.3 is 4.74 Å². The normalized spacial score (nSPS) is 17.7. The van der Waals surface area contributed by atoms with E-state index < -0.39 is 0 Å². The second kappa shape index (κ2) is 5.67. The fraction of sp³-hybridized carbons (Fsp3) is 0.312. The van der Waals surface area contributed by atoms with Crippen LogP contribution in [0, 0.1) is 0 Å². The fourth-order valence-corrected chi connectivity index (χ4v) is 2.28. The van der Waals surface area contributed by atoms with Crippen molar-refractivity contribution in [2.75, 3.05) is 6.61 Å². The largest absolute Gasteiger partial charge is 0.458 e. The molecule has 0 aliphatic heterocycles. The van der Waals surface area contributed by atoms with Crippen molar-refractivity contribution in [2.45, 2.75) is 25.7 Å². The van der Waals surface area contributed by atoms with Crippen molar-refractivity contribution in [3.05, 3.63) is 53.6 Å². The van der Waals surface area contributed by atoms with E-state index >= 15 is 0 Å². The highest BCUT2D eigenvalue weighted by Crippen LogP contribution is 2.33. The predicted molar refractivity (Wildman–Crippen MR) is 73.4 cm³/mol. The van der Waals surface area contributed by atoms with Gasteiger partial charge in [-0.2, -0.15) is 0 Å². The van der Waals surface area contributed by atoms with E-state index in [0.717, 1.165) is 5.56 Å². The van der Waals surface area contributed by atoms with Crippen LogP contribution >= 0.6 is 0 Å². The number of aryl methyl sites for hydroxylation is 1. The number of esters is 1. The van der Waals surface area contributed by atoms with Gasteiger partial charge in [0, 0.05) is 6.08 Å². The van der Waals surface area contributed by atoms with Crippen molar-refractivity contribution < 1.29 is 9.53 Å². The van der Waals surface area contributed by atoms with Crippen LogP contribution in [0.4, 0.5) is 0 Å². The van der Waals surface area contributed by atoms with Gasteiger partial charge in [0.1, 0.15) is 6.61 Å². The molecule has 0 bridgehead atoms. The molecule has 94 valence electrons. The smallest absolute Gasteiger partial charge is 0.331 e. The zero-order valence-electron chi connectivity index (χ0n) is 10.7. The zero-order valence-corrected chi connectivity index (χ0v) is 10.7. The third-order valence-corrected chi connectivity index (χ3v) is 3.30. The Labute approximate surface area is 108 Å². The lowest BCUT2D eigenvalue weighted by Gasteiger charge is -2.05. The minimum atomic E-state index is -0.330. The van der Waals surface area contributed by atoms with E-state index in [-0.39, 0.29) is 12.6 Å². The number of ether oxygens (including phenoxy) is 1. The summed E-state index contributed by atoms with van der Waals surface area (Å²) >= 11 is 0. The lowest BCUT2D eigenvalue weighted by molar-refractivity contribution is -0.136. The Kier molecular flexibility index (Phi) is 3.98. The maximum atomic E-state index is 11.3. The minimum Gasteiger partial charge on any atom is -0.458 e. The monoisotopic (exact) mass is 242 g/mol. The molecule has 1 aromatic rings. The quantitative estimate of drug-likeness (QED) is 0.459. The minimum absolute atomic E-state index is 0.254. The van der Waals surface area contributed by atoms with Crippen LogP contribution in [0.1, 0.15) is 36.0 Å². The molecule has 1 aliphatic carbocycles. The average Bonchev–Trinajstić information content (AvgIpc) is 2.75. The van der Waals surface area contributed by atoms with Gasteiger partial charge in [0.2, 0.25) is 0 Å². The molecular formula is C16H18O2. The first kappa shape index (κ1) is 12.6. The van der Waals surface area contributed by atoms with Gasteiger partial charge in [-0.1, -0.05) is 37.8 Å². The SMILES string of the molecule is C=CCOC(=O)/C=C/c1ccc2c(c1)C(C)CC2. The third kappa shape index (κ3) is 2.89. The Bertz CT molecular complexity index is 486. The summed E-state index contributed by atoms with van der Waals surface area (Å²) in [5.41, 5.74) is 3.91. The summed E-state index contributed by atoms with van der Waals surface area (Å²) in [4.78, 5) is 11.3. The van der Waals surface area contributed by atoms with Crippen LogP contribution in [0.5, 0.6) is 0 Å². The van der Waals surface area contributed by atoms with Crippen LogP contribution in [0.15, 0.2) is 36.9 Å². The summed E-state index contributed by atoms with van der Waals surface area (Å²) in [6, 6.07) is 6.38. The summed E-state index contributed by atoms with van der Waals surface area (Å²) in [6.07, 6.45) is 7.22. The Morgan fingerprint density at radius 1 is 1.56 bits per heavy atom. The fourth-order valence-electron chi connectivity index (χ4n) is 2.28. The molecule has 0 amide bonds. The van der Waals surface area contributed by atoms with Crippen LogP contribution in [0.25, 0.3) is 6.08 Å². The number of rotatable bonds is 4. The molecule has 0 spiro atoms. The van der Waals surface area contributed by atoms with Crippen molar-refractivity contribution in [3.8, 4) is 0 Å². The summed E-state index contributed by atoms with van der Waals surface area (Å²) in [5, 5.41) is 0. The second-order valence-corrected chi connectivity index (χ2v) is 4.65. The van der Waals surface area contributed by atoms with Gasteiger partial charge >= 0.3 is 5.97 Å². The van der Waals surface area contributed by atoms with E-state index in [9.17, 15) is 4.79 Å². The Morgan fingerprint density at radius 2 is 2.39 bits per heavy atom. The Morgan fingerprint density at radius 3 is 3.17 bits per heavy atom. The molecule has 2 nitrogen and oxygen atoms in total. The Hall–Kier alpha value is -1.83. The van der Waals surface area contributed by atoms with Gasteiger partial charge in [-0.05, 0) is 41.5 Å². The summed E-state index contributed by atoms with van der Waals surface area (Å²) in [5.74, 6) is 0.296. The number of carbonyl (C=O) groups is 1. The first-order valence-electron chi connectivity index (χ1n) is 6.29. The predicted octanol–water partition coefficient (Wildman–Crippen LogP) is 3.48. The van der Waals surface area contributed by atoms with Crippen LogP contribution in [0.3, 0.4) is 0 Å². The molecule has 1 unspecified atom stereocenters. The molecule has 1 aliphatic rings. The number of hydrogen-bond donors (Lipinski definition) is 0. The van der Waals surface area contributed by atoms with Crippen LogP contribution in [-0.4, -0.2) is 12.6 Å². The molecule has 0 saturated heterocycles. The van der Waals surface area contributed by atoms with E-state index in [1.807, 2.05) is 6.07 Å². The average molecular weight is 242 g/mol. The number of fused-ring (bicyclic) bond motifs is 1. The van der Waals surface area contributed by atoms with Crippen molar-refractivity contribution in [3.63, 3.8) is 0 Å². The van der Waals surface area contributed by atoms with E-state index in [1.165, 1.54) is 30.0 Å². The highest BCUT2D eigenvalue weighted by molar-refractivity contribution is 5.87. The lowest BCUT2D eigenvalue weighted by Crippen LogP contribution is -1.99. The molecule has 18 heavy (non-hydrogen) atoms.